The van der Waals surface area contributed by atoms with Crippen molar-refractivity contribution in [1.82, 2.24) is 13.8 Å². The Hall–Kier alpha value is -3.37. The van der Waals surface area contributed by atoms with Crippen LogP contribution in [0.5, 0.6) is 0 Å². The Bertz CT molecular complexity index is 1640. The number of fused-ring (bicyclic) bond motifs is 1. The average molecular weight is 623 g/mol. The van der Waals surface area contributed by atoms with Crippen LogP contribution in [-0.2, 0) is 19.6 Å². The molecule has 2 amide bonds. The predicted octanol–water partition coefficient (Wildman–Crippen LogP) is 6.75. The molecule has 2 fully saturated rings. The Labute approximate surface area is 261 Å². The van der Waals surface area contributed by atoms with Crippen molar-refractivity contribution < 1.29 is 22.7 Å². The van der Waals surface area contributed by atoms with Crippen molar-refractivity contribution in [3.05, 3.63) is 59.3 Å². The van der Waals surface area contributed by atoms with Crippen molar-refractivity contribution in [2.45, 2.75) is 96.1 Å². The molecule has 2 aromatic carbocycles. The number of aromatic nitrogens is 1. The van der Waals surface area contributed by atoms with Gasteiger partial charge in [0.05, 0.1) is 4.90 Å². The number of ether oxygens (including phenoxy) is 1. The van der Waals surface area contributed by atoms with Crippen molar-refractivity contribution >= 4 is 38.6 Å². The smallest absolute Gasteiger partial charge is 0.410 e. The van der Waals surface area contributed by atoms with Crippen LogP contribution in [0.25, 0.3) is 10.9 Å². The highest BCUT2D eigenvalue weighted by molar-refractivity contribution is 7.89. The van der Waals surface area contributed by atoms with Gasteiger partial charge in [-0.1, -0.05) is 18.6 Å². The molecule has 0 saturated carbocycles. The van der Waals surface area contributed by atoms with E-state index < -0.39 is 21.7 Å². The molecule has 10 heteroatoms. The van der Waals surface area contributed by atoms with E-state index in [1.54, 1.807) is 21.3 Å². The Kier molecular flexibility index (Phi) is 9.14. The summed E-state index contributed by atoms with van der Waals surface area (Å²) in [5, 5.41) is 3.98. The van der Waals surface area contributed by atoms with Gasteiger partial charge in [0.15, 0.2) is 0 Å². The van der Waals surface area contributed by atoms with Crippen LogP contribution in [0.15, 0.2) is 47.5 Å². The highest BCUT2D eigenvalue weighted by Crippen LogP contribution is 2.33. The molecule has 1 unspecified atom stereocenters. The first-order valence-corrected chi connectivity index (χ1v) is 17.2. The minimum absolute atomic E-state index is 0.146. The van der Waals surface area contributed by atoms with Crippen LogP contribution in [0.1, 0.15) is 88.4 Å². The van der Waals surface area contributed by atoms with Gasteiger partial charge >= 0.3 is 6.09 Å². The molecule has 1 aromatic heterocycles. The van der Waals surface area contributed by atoms with Gasteiger partial charge in [-0.3, -0.25) is 4.79 Å². The standard InChI is InChI=1S/C34H46N4O5S/c1-23-10-11-27(26-14-18-36(19-15-26)33(40)43-34(4,5)6)20-30(23)35-32(39)25(3)38-22-24(2)29-21-28(12-13-31(29)38)44(41,42)37-16-8-7-9-17-37/h10-13,20-22,25-26H,7-9,14-19H2,1-6H3,(H,35,39). The number of piperidine rings is 2. The van der Waals surface area contributed by atoms with E-state index in [2.05, 4.69) is 17.4 Å². The maximum Gasteiger partial charge on any atom is 0.410 e. The maximum atomic E-state index is 13.6. The van der Waals surface area contributed by atoms with Crippen LogP contribution < -0.4 is 5.32 Å². The first-order chi connectivity index (χ1) is 20.7. The molecule has 3 heterocycles. The highest BCUT2D eigenvalue weighted by atomic mass is 32.2. The third-order valence-electron chi connectivity index (χ3n) is 8.89. The van der Waals surface area contributed by atoms with E-state index in [0.29, 0.717) is 31.1 Å². The number of sulfonamides is 1. The average Bonchev–Trinajstić information content (AvgIpc) is 3.33. The number of nitrogens with one attached hydrogen (secondary N) is 1. The second-order valence-corrected chi connectivity index (χ2v) is 15.3. The summed E-state index contributed by atoms with van der Waals surface area (Å²) in [7, 11) is -3.55. The Morgan fingerprint density at radius 2 is 1.61 bits per heavy atom. The van der Waals surface area contributed by atoms with Crippen molar-refractivity contribution in [3.63, 3.8) is 0 Å². The molecule has 0 aliphatic carbocycles. The molecule has 2 aliphatic heterocycles. The van der Waals surface area contributed by atoms with E-state index in [4.69, 9.17) is 4.74 Å². The van der Waals surface area contributed by atoms with Crippen molar-refractivity contribution in [3.8, 4) is 0 Å². The quantitative estimate of drug-likeness (QED) is 0.328. The van der Waals surface area contributed by atoms with Gasteiger partial charge in [-0.2, -0.15) is 4.31 Å². The number of carbonyl (C=O) groups excluding carboxylic acids is 2. The molecular formula is C34H46N4O5S. The molecule has 1 N–H and O–H groups in total. The van der Waals surface area contributed by atoms with Gasteiger partial charge in [0.1, 0.15) is 11.6 Å². The predicted molar refractivity (Wildman–Crippen MR) is 174 cm³/mol. The van der Waals surface area contributed by atoms with Gasteiger partial charge in [-0.05, 0) is 114 Å². The normalized spacial score (nSPS) is 17.9. The number of carbonyl (C=O) groups is 2. The molecule has 1 atom stereocenters. The summed E-state index contributed by atoms with van der Waals surface area (Å²) < 4.78 is 35.6. The minimum atomic E-state index is -3.55. The van der Waals surface area contributed by atoms with Crippen LogP contribution in [0.2, 0.25) is 0 Å². The van der Waals surface area contributed by atoms with E-state index in [-0.39, 0.29) is 17.9 Å². The van der Waals surface area contributed by atoms with Gasteiger partial charge in [0.2, 0.25) is 15.9 Å². The van der Waals surface area contributed by atoms with Gasteiger partial charge in [0.25, 0.3) is 0 Å². The zero-order valence-electron chi connectivity index (χ0n) is 26.9. The lowest BCUT2D eigenvalue weighted by atomic mass is 9.88. The summed E-state index contributed by atoms with van der Waals surface area (Å²) in [4.78, 5) is 28.1. The summed E-state index contributed by atoms with van der Waals surface area (Å²) in [6.07, 6.45) is 6.15. The fourth-order valence-electron chi connectivity index (χ4n) is 6.25. The summed E-state index contributed by atoms with van der Waals surface area (Å²) >= 11 is 0. The largest absolute Gasteiger partial charge is 0.444 e. The summed E-state index contributed by atoms with van der Waals surface area (Å²) in [5.41, 5.74) is 4.12. The summed E-state index contributed by atoms with van der Waals surface area (Å²) in [5.74, 6) is 0.140. The molecule has 3 aromatic rings. The van der Waals surface area contributed by atoms with Crippen LogP contribution >= 0.6 is 0 Å². The Morgan fingerprint density at radius 3 is 2.27 bits per heavy atom. The molecule has 5 rings (SSSR count). The topological polar surface area (TPSA) is 101 Å². The number of aryl methyl sites for hydroxylation is 2. The molecule has 0 spiro atoms. The van der Waals surface area contributed by atoms with E-state index in [1.165, 1.54) is 0 Å². The number of anilines is 1. The third kappa shape index (κ3) is 6.81. The number of nitrogens with zero attached hydrogens (tertiary/aromatic N) is 3. The monoisotopic (exact) mass is 622 g/mol. The number of hydrogen-bond donors (Lipinski definition) is 1. The molecule has 0 radical (unpaired) electrons. The van der Waals surface area contributed by atoms with Crippen LogP contribution in [0.3, 0.4) is 0 Å². The van der Waals surface area contributed by atoms with Crippen LogP contribution in [0, 0.1) is 13.8 Å². The molecule has 2 saturated heterocycles. The number of amides is 2. The van der Waals surface area contributed by atoms with Crippen molar-refractivity contribution in [2.75, 3.05) is 31.5 Å². The fraction of sp³-hybridized carbons (Fsp3) is 0.529. The molecule has 9 nitrogen and oxygen atoms in total. The van der Waals surface area contributed by atoms with Crippen molar-refractivity contribution in [1.29, 1.82) is 0 Å². The highest BCUT2D eigenvalue weighted by Gasteiger charge is 2.29. The Balaban J connectivity index is 1.29. The first-order valence-electron chi connectivity index (χ1n) is 15.8. The first kappa shape index (κ1) is 32.0. The van der Waals surface area contributed by atoms with Crippen LogP contribution in [0.4, 0.5) is 10.5 Å². The number of hydrogen-bond acceptors (Lipinski definition) is 5. The molecule has 44 heavy (non-hydrogen) atoms. The van der Waals surface area contributed by atoms with Gasteiger partial charge in [-0.25, -0.2) is 13.2 Å². The summed E-state index contributed by atoms with van der Waals surface area (Å²) in [6, 6.07) is 10.9. The van der Waals surface area contributed by atoms with Gasteiger partial charge in [0, 0.05) is 49.0 Å². The van der Waals surface area contributed by atoms with E-state index in [1.807, 2.05) is 64.4 Å². The lowest BCUT2D eigenvalue weighted by Crippen LogP contribution is -2.41. The maximum absolute atomic E-state index is 13.6. The molecule has 238 valence electrons. The van der Waals surface area contributed by atoms with E-state index >= 15 is 0 Å². The zero-order chi connectivity index (χ0) is 31.8. The van der Waals surface area contributed by atoms with Crippen molar-refractivity contribution in [2.24, 2.45) is 0 Å². The summed E-state index contributed by atoms with van der Waals surface area (Å²) in [6.45, 7) is 13.8. The molecule has 0 bridgehead atoms. The second kappa shape index (κ2) is 12.6. The lowest BCUT2D eigenvalue weighted by Gasteiger charge is -2.33. The number of benzene rings is 2. The zero-order valence-corrected chi connectivity index (χ0v) is 27.7. The molecular weight excluding hydrogens is 576 g/mol. The number of rotatable bonds is 6. The minimum Gasteiger partial charge on any atom is -0.444 e. The van der Waals surface area contributed by atoms with Crippen LogP contribution in [-0.4, -0.2) is 66.0 Å². The van der Waals surface area contributed by atoms with E-state index in [9.17, 15) is 18.0 Å². The van der Waals surface area contributed by atoms with Gasteiger partial charge in [-0.15, -0.1) is 0 Å². The lowest BCUT2D eigenvalue weighted by molar-refractivity contribution is -0.118. The van der Waals surface area contributed by atoms with Gasteiger partial charge < -0.3 is 19.5 Å². The van der Waals surface area contributed by atoms with E-state index in [0.717, 1.165) is 65.4 Å². The number of likely N-dealkylation sites (tertiary alicyclic amines) is 1. The molecule has 2 aliphatic rings. The fourth-order valence-corrected chi connectivity index (χ4v) is 7.80. The second-order valence-electron chi connectivity index (χ2n) is 13.3. The third-order valence-corrected chi connectivity index (χ3v) is 10.8. The SMILES string of the molecule is Cc1ccc(C2CCN(C(=O)OC(C)(C)C)CC2)cc1NC(=O)C(C)n1cc(C)c2cc(S(=O)(=O)N3CCCCC3)ccc21. The Morgan fingerprint density at radius 1 is 0.932 bits per heavy atom.